The third kappa shape index (κ3) is 3.47. The molecule has 0 aliphatic heterocycles. The molecule has 0 fully saturated rings. The van der Waals surface area contributed by atoms with Crippen molar-refractivity contribution < 1.29 is 14.6 Å². The Kier molecular flexibility index (Phi) is 4.59. The fourth-order valence-electron chi connectivity index (χ4n) is 2.63. The van der Waals surface area contributed by atoms with Crippen LogP contribution in [0.25, 0.3) is 11.3 Å². The monoisotopic (exact) mass is 368 g/mol. The SMILES string of the molecule is Cc1ccc(Oc2ccc(-c3nc(C)n(C)c3[N+](=O)[O-])cc2[N+](=O)[O-])cc1. The number of hydrogen-bond donors (Lipinski definition) is 0. The number of benzene rings is 2. The second-order valence-corrected chi connectivity index (χ2v) is 6.00. The third-order valence-corrected chi connectivity index (χ3v) is 4.14. The predicted octanol–water partition coefficient (Wildman–Crippen LogP) is 4.31. The molecule has 0 saturated carbocycles. The summed E-state index contributed by atoms with van der Waals surface area (Å²) in [5, 5.41) is 22.9. The van der Waals surface area contributed by atoms with Crippen LogP contribution in [0.1, 0.15) is 11.4 Å². The van der Waals surface area contributed by atoms with Gasteiger partial charge < -0.3 is 14.9 Å². The molecule has 0 N–H and O–H groups in total. The maximum Gasteiger partial charge on any atom is 0.350 e. The molecule has 9 nitrogen and oxygen atoms in total. The normalized spacial score (nSPS) is 10.6. The first-order valence-electron chi connectivity index (χ1n) is 7.99. The van der Waals surface area contributed by atoms with Crippen LogP contribution in [0.2, 0.25) is 0 Å². The summed E-state index contributed by atoms with van der Waals surface area (Å²) in [5.41, 5.74) is 1.08. The molecule has 2 aromatic carbocycles. The minimum atomic E-state index is -0.589. The maximum absolute atomic E-state index is 11.5. The van der Waals surface area contributed by atoms with Crippen molar-refractivity contribution in [3.8, 4) is 22.8 Å². The molecular formula is C18H16N4O5. The Morgan fingerprint density at radius 1 is 1.00 bits per heavy atom. The Bertz CT molecular complexity index is 1040. The summed E-state index contributed by atoms with van der Waals surface area (Å²) in [6.07, 6.45) is 0. The average Bonchev–Trinajstić information content (AvgIpc) is 2.92. The first-order chi connectivity index (χ1) is 12.8. The second-order valence-electron chi connectivity index (χ2n) is 6.00. The van der Waals surface area contributed by atoms with Crippen LogP contribution in [-0.4, -0.2) is 19.4 Å². The van der Waals surface area contributed by atoms with Gasteiger partial charge in [-0.15, -0.1) is 0 Å². The number of aryl methyl sites for hydroxylation is 2. The summed E-state index contributed by atoms with van der Waals surface area (Å²) < 4.78 is 6.95. The van der Waals surface area contributed by atoms with Gasteiger partial charge in [-0.2, -0.15) is 0 Å². The van der Waals surface area contributed by atoms with E-state index in [4.69, 9.17) is 4.74 Å². The number of aromatic nitrogens is 2. The number of nitrogens with zero attached hydrogens (tertiary/aromatic N) is 4. The summed E-state index contributed by atoms with van der Waals surface area (Å²) in [6.45, 7) is 3.54. The van der Waals surface area contributed by atoms with Gasteiger partial charge in [0, 0.05) is 18.6 Å². The first kappa shape index (κ1) is 18.1. The fraction of sp³-hybridized carbons (Fsp3) is 0.167. The van der Waals surface area contributed by atoms with Crippen molar-refractivity contribution in [2.45, 2.75) is 13.8 Å². The van der Waals surface area contributed by atoms with Crippen LogP contribution in [0.3, 0.4) is 0 Å². The Morgan fingerprint density at radius 2 is 1.67 bits per heavy atom. The molecular weight excluding hydrogens is 352 g/mol. The van der Waals surface area contributed by atoms with E-state index in [-0.39, 0.29) is 28.5 Å². The summed E-state index contributed by atoms with van der Waals surface area (Å²) in [7, 11) is 1.52. The zero-order chi connectivity index (χ0) is 19.7. The van der Waals surface area contributed by atoms with Gasteiger partial charge >= 0.3 is 11.5 Å². The van der Waals surface area contributed by atoms with Crippen LogP contribution in [0, 0.1) is 34.1 Å². The van der Waals surface area contributed by atoms with Gasteiger partial charge in [0.05, 0.1) is 12.0 Å². The highest BCUT2D eigenvalue weighted by Crippen LogP contribution is 2.37. The Labute approximate surface area is 154 Å². The number of nitro benzene ring substituents is 1. The maximum atomic E-state index is 11.5. The summed E-state index contributed by atoms with van der Waals surface area (Å²) in [6, 6.07) is 11.2. The lowest BCUT2D eigenvalue weighted by molar-refractivity contribution is -0.391. The van der Waals surface area contributed by atoms with Gasteiger partial charge in [0.2, 0.25) is 5.75 Å². The summed E-state index contributed by atoms with van der Waals surface area (Å²) in [5.74, 6) is 0.701. The minimum absolute atomic E-state index is 0.0444. The van der Waals surface area contributed by atoms with Crippen molar-refractivity contribution in [3.05, 3.63) is 74.1 Å². The largest absolute Gasteiger partial charge is 0.450 e. The van der Waals surface area contributed by atoms with Gasteiger partial charge in [0.25, 0.3) is 0 Å². The lowest BCUT2D eigenvalue weighted by Gasteiger charge is -2.08. The van der Waals surface area contributed by atoms with Crippen LogP contribution in [0.15, 0.2) is 42.5 Å². The number of ether oxygens (including phenoxy) is 1. The van der Waals surface area contributed by atoms with E-state index in [1.165, 1.54) is 29.8 Å². The minimum Gasteiger partial charge on any atom is -0.450 e. The zero-order valence-electron chi connectivity index (χ0n) is 14.9. The van der Waals surface area contributed by atoms with Crippen LogP contribution >= 0.6 is 0 Å². The van der Waals surface area contributed by atoms with E-state index in [1.54, 1.807) is 19.1 Å². The van der Waals surface area contributed by atoms with Crippen molar-refractivity contribution in [3.63, 3.8) is 0 Å². The predicted molar refractivity (Wildman–Crippen MR) is 97.9 cm³/mol. The van der Waals surface area contributed by atoms with Crippen LogP contribution in [0.4, 0.5) is 11.5 Å². The molecule has 0 saturated heterocycles. The van der Waals surface area contributed by atoms with Crippen LogP contribution in [0.5, 0.6) is 11.5 Å². The van der Waals surface area contributed by atoms with Crippen molar-refractivity contribution in [1.82, 2.24) is 9.55 Å². The van der Waals surface area contributed by atoms with Crippen molar-refractivity contribution in [1.29, 1.82) is 0 Å². The average molecular weight is 368 g/mol. The molecule has 27 heavy (non-hydrogen) atoms. The molecule has 0 aliphatic rings. The Hall–Kier alpha value is -3.75. The molecule has 0 bridgehead atoms. The number of rotatable bonds is 5. The van der Waals surface area contributed by atoms with Gasteiger partial charge in [-0.05, 0) is 36.1 Å². The van der Waals surface area contributed by atoms with Crippen molar-refractivity contribution in [2.24, 2.45) is 7.05 Å². The van der Waals surface area contributed by atoms with Crippen LogP contribution < -0.4 is 4.74 Å². The van der Waals surface area contributed by atoms with E-state index in [9.17, 15) is 20.2 Å². The molecule has 0 atom stereocenters. The highest BCUT2D eigenvalue weighted by molar-refractivity contribution is 5.72. The lowest BCUT2D eigenvalue weighted by Crippen LogP contribution is -2.00. The van der Waals surface area contributed by atoms with Crippen LogP contribution in [-0.2, 0) is 7.05 Å². The van der Waals surface area contributed by atoms with E-state index < -0.39 is 9.85 Å². The first-order valence-corrected chi connectivity index (χ1v) is 7.99. The van der Waals surface area contributed by atoms with E-state index in [0.29, 0.717) is 11.6 Å². The zero-order valence-corrected chi connectivity index (χ0v) is 14.9. The van der Waals surface area contributed by atoms with Crippen molar-refractivity contribution >= 4 is 11.5 Å². The summed E-state index contributed by atoms with van der Waals surface area (Å²) in [4.78, 5) is 25.9. The number of nitro groups is 2. The third-order valence-electron chi connectivity index (χ3n) is 4.14. The van der Waals surface area contributed by atoms with Gasteiger partial charge in [-0.25, -0.2) is 9.55 Å². The molecule has 0 spiro atoms. The molecule has 3 rings (SSSR count). The van der Waals surface area contributed by atoms with E-state index in [0.717, 1.165) is 5.56 Å². The van der Waals surface area contributed by atoms with E-state index in [1.807, 2.05) is 19.1 Å². The van der Waals surface area contributed by atoms with Gasteiger partial charge in [0.15, 0.2) is 11.5 Å². The molecule has 1 heterocycles. The molecule has 0 amide bonds. The number of imidazole rings is 1. The molecule has 0 radical (unpaired) electrons. The fourth-order valence-corrected chi connectivity index (χ4v) is 2.63. The van der Waals surface area contributed by atoms with Gasteiger partial charge in [-0.3, -0.25) is 10.1 Å². The molecule has 0 aliphatic carbocycles. The van der Waals surface area contributed by atoms with Gasteiger partial charge in [0.1, 0.15) is 5.75 Å². The quantitative estimate of drug-likeness (QED) is 0.490. The van der Waals surface area contributed by atoms with Gasteiger partial charge in [-0.1, -0.05) is 17.7 Å². The highest BCUT2D eigenvalue weighted by Gasteiger charge is 2.26. The van der Waals surface area contributed by atoms with E-state index >= 15 is 0 Å². The molecule has 9 heteroatoms. The topological polar surface area (TPSA) is 113 Å². The number of hydrogen-bond acceptors (Lipinski definition) is 6. The highest BCUT2D eigenvalue weighted by atomic mass is 16.6. The molecule has 3 aromatic rings. The molecule has 138 valence electrons. The standard InChI is InChI=1S/C18H16N4O5/c1-11-4-7-14(8-5-11)27-16-9-6-13(10-15(16)21(23)24)17-18(22(25)26)20(3)12(2)19-17/h4-10H,1-3H3. The van der Waals surface area contributed by atoms with E-state index in [2.05, 4.69) is 4.98 Å². The Morgan fingerprint density at radius 3 is 2.26 bits per heavy atom. The molecule has 0 unspecified atom stereocenters. The summed E-state index contributed by atoms with van der Waals surface area (Å²) >= 11 is 0. The smallest absolute Gasteiger partial charge is 0.350 e. The second kappa shape index (κ2) is 6.87. The molecule has 1 aromatic heterocycles. The lowest BCUT2D eigenvalue weighted by atomic mass is 10.1. The van der Waals surface area contributed by atoms with Crippen molar-refractivity contribution in [2.75, 3.05) is 0 Å². The Balaban J connectivity index is 2.07.